The fourth-order valence-corrected chi connectivity index (χ4v) is 4.04. The van der Waals surface area contributed by atoms with Gasteiger partial charge < -0.3 is 14.8 Å². The number of carbonyl (C=O) groups excluding carboxylic acids is 1. The lowest BCUT2D eigenvalue weighted by Crippen LogP contribution is -2.15. The van der Waals surface area contributed by atoms with Gasteiger partial charge in [-0.15, -0.1) is 0 Å². The lowest BCUT2D eigenvalue weighted by atomic mass is 10.1. The summed E-state index contributed by atoms with van der Waals surface area (Å²) in [5, 5.41) is 2.72. The number of amides is 1. The van der Waals surface area contributed by atoms with E-state index >= 15 is 0 Å². The molecule has 0 heterocycles. The maximum atomic E-state index is 12.6. The maximum absolute atomic E-state index is 12.6. The number of nitrogens with one attached hydrogen (secondary N) is 2. The number of sulfonamides is 1. The van der Waals surface area contributed by atoms with Gasteiger partial charge in [0.15, 0.2) is 11.5 Å². The minimum atomic E-state index is -3.76. The van der Waals surface area contributed by atoms with Gasteiger partial charge in [-0.3, -0.25) is 9.52 Å². The van der Waals surface area contributed by atoms with Crippen molar-refractivity contribution in [3.63, 3.8) is 0 Å². The number of benzene rings is 3. The summed E-state index contributed by atoms with van der Waals surface area (Å²) in [6, 6.07) is 17.6. The number of halogens is 1. The Balaban J connectivity index is 1.76. The van der Waals surface area contributed by atoms with Crippen molar-refractivity contribution in [2.75, 3.05) is 24.3 Å². The monoisotopic (exact) mass is 490 g/mol. The summed E-state index contributed by atoms with van der Waals surface area (Å²) in [6.07, 6.45) is 0. The van der Waals surface area contributed by atoms with Crippen molar-refractivity contribution < 1.29 is 22.7 Å². The minimum Gasteiger partial charge on any atom is -0.493 e. The van der Waals surface area contributed by atoms with E-state index in [-0.39, 0.29) is 4.90 Å². The van der Waals surface area contributed by atoms with Crippen LogP contribution in [0.3, 0.4) is 0 Å². The maximum Gasteiger partial charge on any atom is 0.261 e. The summed E-state index contributed by atoms with van der Waals surface area (Å²) >= 11 is 3.30. The molecule has 0 aliphatic carbocycles. The Bertz CT molecular complexity index is 1150. The first kappa shape index (κ1) is 21.7. The van der Waals surface area contributed by atoms with Gasteiger partial charge >= 0.3 is 0 Å². The van der Waals surface area contributed by atoms with E-state index in [9.17, 15) is 13.2 Å². The Morgan fingerprint density at radius 1 is 0.867 bits per heavy atom. The summed E-state index contributed by atoms with van der Waals surface area (Å²) in [6.45, 7) is 0. The molecule has 156 valence electrons. The molecule has 0 aromatic heterocycles. The molecule has 0 unspecified atom stereocenters. The van der Waals surface area contributed by atoms with E-state index in [0.29, 0.717) is 28.4 Å². The quantitative estimate of drug-likeness (QED) is 0.507. The zero-order valence-corrected chi connectivity index (χ0v) is 18.6. The van der Waals surface area contributed by atoms with Crippen LogP contribution in [-0.4, -0.2) is 28.5 Å². The number of anilines is 2. The van der Waals surface area contributed by atoms with Crippen molar-refractivity contribution in [2.24, 2.45) is 0 Å². The molecule has 0 spiro atoms. The zero-order valence-electron chi connectivity index (χ0n) is 16.2. The molecular formula is C21H19BrN2O5S. The largest absolute Gasteiger partial charge is 0.493 e. The molecule has 9 heteroatoms. The predicted molar refractivity (Wildman–Crippen MR) is 119 cm³/mol. The van der Waals surface area contributed by atoms with Gasteiger partial charge in [0, 0.05) is 15.8 Å². The van der Waals surface area contributed by atoms with Gasteiger partial charge in [-0.1, -0.05) is 22.0 Å². The second-order valence-corrected chi connectivity index (χ2v) is 8.73. The van der Waals surface area contributed by atoms with E-state index in [4.69, 9.17) is 9.47 Å². The van der Waals surface area contributed by atoms with E-state index in [1.165, 1.54) is 38.5 Å². The number of methoxy groups -OCH3 is 2. The SMILES string of the molecule is COc1cccc(C(=O)Nc2ccc(S(=O)(=O)Nc3ccc(Br)cc3)cc2)c1OC. The third-order valence-corrected chi connectivity index (χ3v) is 6.09. The first-order valence-corrected chi connectivity index (χ1v) is 11.0. The van der Waals surface area contributed by atoms with Gasteiger partial charge in [-0.25, -0.2) is 8.42 Å². The Morgan fingerprint density at radius 3 is 2.10 bits per heavy atom. The van der Waals surface area contributed by atoms with Crippen LogP contribution in [0.25, 0.3) is 0 Å². The van der Waals surface area contributed by atoms with Crippen molar-refractivity contribution in [1.29, 1.82) is 0 Å². The number of rotatable bonds is 7. The lowest BCUT2D eigenvalue weighted by Gasteiger charge is -2.13. The normalized spacial score (nSPS) is 10.9. The molecular weight excluding hydrogens is 472 g/mol. The van der Waals surface area contributed by atoms with E-state index in [0.717, 1.165) is 4.47 Å². The summed E-state index contributed by atoms with van der Waals surface area (Å²) in [5.41, 5.74) is 1.18. The molecule has 3 rings (SSSR count). The van der Waals surface area contributed by atoms with Crippen LogP contribution in [0.1, 0.15) is 10.4 Å². The molecule has 3 aromatic carbocycles. The van der Waals surface area contributed by atoms with E-state index in [2.05, 4.69) is 26.0 Å². The van der Waals surface area contributed by atoms with E-state index in [1.807, 2.05) is 0 Å². The Kier molecular flexibility index (Phi) is 6.63. The summed E-state index contributed by atoms with van der Waals surface area (Å²) in [4.78, 5) is 12.7. The fourth-order valence-electron chi connectivity index (χ4n) is 2.71. The molecule has 0 saturated carbocycles. The van der Waals surface area contributed by atoms with Crippen molar-refractivity contribution >= 4 is 43.2 Å². The number of hydrogen-bond acceptors (Lipinski definition) is 5. The highest BCUT2D eigenvalue weighted by Gasteiger charge is 2.18. The van der Waals surface area contributed by atoms with Gasteiger partial charge in [-0.2, -0.15) is 0 Å². The molecule has 0 atom stereocenters. The first-order chi connectivity index (χ1) is 14.3. The molecule has 0 aliphatic rings. The molecule has 0 fully saturated rings. The molecule has 0 saturated heterocycles. The number of hydrogen-bond donors (Lipinski definition) is 2. The van der Waals surface area contributed by atoms with Crippen LogP contribution in [0.2, 0.25) is 0 Å². The van der Waals surface area contributed by atoms with Crippen LogP contribution < -0.4 is 19.5 Å². The Labute approximate surface area is 183 Å². The third kappa shape index (κ3) is 4.92. The minimum absolute atomic E-state index is 0.0716. The lowest BCUT2D eigenvalue weighted by molar-refractivity contribution is 0.102. The predicted octanol–water partition coefficient (Wildman–Crippen LogP) is 4.52. The molecule has 0 bridgehead atoms. The molecule has 3 aromatic rings. The van der Waals surface area contributed by atoms with Crippen LogP contribution >= 0.6 is 15.9 Å². The standard InChI is InChI=1S/C21H19BrN2O5S/c1-28-19-5-3-4-18(20(19)29-2)21(25)23-15-10-12-17(13-11-15)30(26,27)24-16-8-6-14(22)7-9-16/h3-13,24H,1-2H3,(H,23,25). The highest BCUT2D eigenvalue weighted by molar-refractivity contribution is 9.10. The topological polar surface area (TPSA) is 93.7 Å². The Hall–Kier alpha value is -3.04. The number of para-hydroxylation sites is 1. The molecule has 0 radical (unpaired) electrons. The number of carbonyl (C=O) groups is 1. The van der Waals surface area contributed by atoms with E-state index < -0.39 is 15.9 Å². The summed E-state index contributed by atoms with van der Waals surface area (Å²) in [5.74, 6) is 0.343. The second-order valence-electron chi connectivity index (χ2n) is 6.13. The van der Waals surface area contributed by atoms with E-state index in [1.54, 1.807) is 42.5 Å². The second kappa shape index (κ2) is 9.19. The van der Waals surface area contributed by atoms with Gasteiger partial charge in [0.25, 0.3) is 15.9 Å². The Morgan fingerprint density at radius 2 is 1.50 bits per heavy atom. The number of ether oxygens (including phenoxy) is 2. The van der Waals surface area contributed by atoms with Gasteiger partial charge in [-0.05, 0) is 60.7 Å². The van der Waals surface area contributed by atoms with Crippen LogP contribution in [0.15, 0.2) is 76.1 Å². The summed E-state index contributed by atoms with van der Waals surface area (Å²) < 4.78 is 38.9. The fraction of sp³-hybridized carbons (Fsp3) is 0.0952. The zero-order chi connectivity index (χ0) is 21.7. The summed E-state index contributed by atoms with van der Waals surface area (Å²) in [7, 11) is -0.820. The van der Waals surface area contributed by atoms with Crippen molar-refractivity contribution in [2.45, 2.75) is 4.90 Å². The van der Waals surface area contributed by atoms with Crippen LogP contribution in [0.4, 0.5) is 11.4 Å². The smallest absolute Gasteiger partial charge is 0.261 e. The molecule has 7 nitrogen and oxygen atoms in total. The average Bonchev–Trinajstić information content (AvgIpc) is 2.74. The van der Waals surface area contributed by atoms with Gasteiger partial charge in [0.05, 0.1) is 24.7 Å². The van der Waals surface area contributed by atoms with Gasteiger partial charge in [0.2, 0.25) is 0 Å². The first-order valence-electron chi connectivity index (χ1n) is 8.75. The third-order valence-electron chi connectivity index (χ3n) is 4.17. The van der Waals surface area contributed by atoms with Crippen molar-refractivity contribution in [1.82, 2.24) is 0 Å². The molecule has 30 heavy (non-hydrogen) atoms. The van der Waals surface area contributed by atoms with Gasteiger partial charge in [0.1, 0.15) is 0 Å². The molecule has 2 N–H and O–H groups in total. The van der Waals surface area contributed by atoms with Crippen molar-refractivity contribution in [3.05, 3.63) is 76.8 Å². The van der Waals surface area contributed by atoms with Crippen LogP contribution in [-0.2, 0) is 10.0 Å². The molecule has 0 aliphatic heterocycles. The van der Waals surface area contributed by atoms with Crippen LogP contribution in [0, 0.1) is 0 Å². The van der Waals surface area contributed by atoms with Crippen LogP contribution in [0.5, 0.6) is 11.5 Å². The van der Waals surface area contributed by atoms with Crippen molar-refractivity contribution in [3.8, 4) is 11.5 Å². The highest BCUT2D eigenvalue weighted by Crippen LogP contribution is 2.31. The highest BCUT2D eigenvalue weighted by atomic mass is 79.9. The average molecular weight is 491 g/mol. The molecule has 1 amide bonds.